The van der Waals surface area contributed by atoms with Gasteiger partial charge in [0, 0.05) is 14.1 Å². The van der Waals surface area contributed by atoms with E-state index in [0.29, 0.717) is 5.75 Å². The number of aryl methyl sites for hydroxylation is 1. The Morgan fingerprint density at radius 3 is 2.54 bits per heavy atom. The fourth-order valence-electron chi connectivity index (χ4n) is 2.53. The number of hydrogen-bond acceptors (Lipinski definition) is 6. The van der Waals surface area contributed by atoms with Gasteiger partial charge >= 0.3 is 11.7 Å². The number of aromatic nitrogens is 4. The van der Waals surface area contributed by atoms with E-state index in [1.807, 2.05) is 18.2 Å². The summed E-state index contributed by atoms with van der Waals surface area (Å²) in [6.45, 7) is 0.114. The van der Waals surface area contributed by atoms with Gasteiger partial charge in [-0.3, -0.25) is 18.7 Å². The molecule has 0 atom stereocenters. The molecule has 0 spiro atoms. The molecule has 0 radical (unpaired) electrons. The number of benzene rings is 1. The quantitative estimate of drug-likeness (QED) is 0.456. The summed E-state index contributed by atoms with van der Waals surface area (Å²) in [6, 6.07) is 9.18. The normalized spacial score (nSPS) is 10.8. The van der Waals surface area contributed by atoms with Gasteiger partial charge in [-0.2, -0.15) is 0 Å². The van der Waals surface area contributed by atoms with E-state index < -0.39 is 17.2 Å². The highest BCUT2D eigenvalue weighted by molar-refractivity contribution is 5.75. The summed E-state index contributed by atoms with van der Waals surface area (Å²) in [6.07, 6.45) is 1.34. The second kappa shape index (κ2) is 7.26. The van der Waals surface area contributed by atoms with Crippen LogP contribution in [0.2, 0.25) is 0 Å². The predicted molar refractivity (Wildman–Crippen MR) is 93.1 cm³/mol. The Kier molecular flexibility index (Phi) is 4.87. The molecule has 0 aliphatic rings. The molecule has 2 aromatic heterocycles. The fourth-order valence-corrected chi connectivity index (χ4v) is 2.53. The smallest absolute Gasteiger partial charge is 0.332 e. The van der Waals surface area contributed by atoms with Crippen molar-refractivity contribution in [1.82, 2.24) is 18.7 Å². The maximum Gasteiger partial charge on any atom is 0.332 e. The maximum atomic E-state index is 12.3. The first-order chi connectivity index (χ1) is 12.5. The number of rotatable bonds is 6. The minimum Gasteiger partial charge on any atom is -0.490 e. The largest absolute Gasteiger partial charge is 0.490 e. The van der Waals surface area contributed by atoms with Gasteiger partial charge in [0.15, 0.2) is 11.2 Å². The lowest BCUT2D eigenvalue weighted by molar-refractivity contribution is -0.145. The Labute approximate surface area is 148 Å². The van der Waals surface area contributed by atoms with E-state index in [9.17, 15) is 14.4 Å². The average Bonchev–Trinajstić information content (AvgIpc) is 3.06. The number of imidazole rings is 1. The molecule has 3 rings (SSSR count). The molecular formula is C17H18N4O5. The first kappa shape index (κ1) is 17.5. The minimum absolute atomic E-state index is 0.0802. The number of para-hydroxylation sites is 1. The Hall–Kier alpha value is -3.36. The molecular weight excluding hydrogens is 340 g/mol. The molecule has 0 aliphatic carbocycles. The first-order valence-electron chi connectivity index (χ1n) is 7.93. The zero-order valence-corrected chi connectivity index (χ0v) is 14.4. The predicted octanol–water partition coefficient (Wildman–Crippen LogP) is 0.0559. The van der Waals surface area contributed by atoms with Gasteiger partial charge in [0.25, 0.3) is 5.56 Å². The van der Waals surface area contributed by atoms with Crippen LogP contribution in [0.15, 0.2) is 46.2 Å². The van der Waals surface area contributed by atoms with Crippen LogP contribution in [0.1, 0.15) is 0 Å². The highest BCUT2D eigenvalue weighted by Gasteiger charge is 2.16. The van der Waals surface area contributed by atoms with Crippen LogP contribution in [0.4, 0.5) is 0 Å². The highest BCUT2D eigenvalue weighted by Crippen LogP contribution is 2.08. The van der Waals surface area contributed by atoms with E-state index in [4.69, 9.17) is 9.47 Å². The van der Waals surface area contributed by atoms with Crippen LogP contribution in [-0.2, 0) is 30.2 Å². The van der Waals surface area contributed by atoms with E-state index >= 15 is 0 Å². The molecule has 3 aromatic rings. The molecule has 0 N–H and O–H groups in total. The third kappa shape index (κ3) is 3.37. The number of fused-ring (bicyclic) bond motifs is 1. The molecule has 0 fully saturated rings. The molecule has 9 heteroatoms. The monoisotopic (exact) mass is 358 g/mol. The topological polar surface area (TPSA) is 97.3 Å². The number of esters is 1. The maximum absolute atomic E-state index is 12.3. The summed E-state index contributed by atoms with van der Waals surface area (Å²) in [5, 5.41) is 0. The molecule has 1 aromatic carbocycles. The molecule has 136 valence electrons. The van der Waals surface area contributed by atoms with E-state index in [-0.39, 0.29) is 30.9 Å². The third-order valence-electron chi connectivity index (χ3n) is 3.87. The lowest BCUT2D eigenvalue weighted by atomic mass is 10.3. The molecule has 0 saturated carbocycles. The van der Waals surface area contributed by atoms with Crippen LogP contribution < -0.4 is 16.0 Å². The van der Waals surface area contributed by atoms with E-state index in [1.165, 1.54) is 29.6 Å². The molecule has 0 amide bonds. The number of nitrogens with zero attached hydrogens (tertiary/aromatic N) is 4. The van der Waals surface area contributed by atoms with Crippen molar-refractivity contribution in [3.05, 3.63) is 57.5 Å². The zero-order valence-electron chi connectivity index (χ0n) is 14.4. The molecule has 0 unspecified atom stereocenters. The molecule has 9 nitrogen and oxygen atoms in total. The molecule has 0 aliphatic heterocycles. The second-order valence-corrected chi connectivity index (χ2v) is 5.63. The van der Waals surface area contributed by atoms with Crippen molar-refractivity contribution >= 4 is 17.1 Å². The third-order valence-corrected chi connectivity index (χ3v) is 3.87. The van der Waals surface area contributed by atoms with Crippen molar-refractivity contribution < 1.29 is 14.3 Å². The van der Waals surface area contributed by atoms with Gasteiger partial charge < -0.3 is 14.0 Å². The standard InChI is InChI=1S/C17H18N4O5/c1-19-15-14(16(23)20(2)17(19)24)21(11-18-15)10-13(22)26-9-8-25-12-6-4-3-5-7-12/h3-7,11H,8-10H2,1-2H3. The number of hydrogen-bond donors (Lipinski definition) is 0. The van der Waals surface area contributed by atoms with Gasteiger partial charge in [-0.1, -0.05) is 18.2 Å². The van der Waals surface area contributed by atoms with Crippen LogP contribution in [0.25, 0.3) is 11.2 Å². The molecule has 26 heavy (non-hydrogen) atoms. The Balaban J connectivity index is 1.65. The highest BCUT2D eigenvalue weighted by atomic mass is 16.6. The first-order valence-corrected chi connectivity index (χ1v) is 7.93. The van der Waals surface area contributed by atoms with Gasteiger partial charge in [0.1, 0.15) is 25.5 Å². The minimum atomic E-state index is -0.531. The summed E-state index contributed by atoms with van der Waals surface area (Å²) in [5.41, 5.74) is -0.598. The van der Waals surface area contributed by atoms with Crippen LogP contribution >= 0.6 is 0 Å². The Morgan fingerprint density at radius 1 is 1.08 bits per heavy atom. The van der Waals surface area contributed by atoms with Crippen molar-refractivity contribution in [2.75, 3.05) is 13.2 Å². The fraction of sp³-hybridized carbons (Fsp3) is 0.294. The number of carbonyl (C=O) groups is 1. The SMILES string of the molecule is Cn1c(=O)c2c(ncn2CC(=O)OCCOc2ccccc2)n(C)c1=O. The zero-order chi connectivity index (χ0) is 18.7. The van der Waals surface area contributed by atoms with E-state index in [0.717, 1.165) is 4.57 Å². The second-order valence-electron chi connectivity index (χ2n) is 5.63. The van der Waals surface area contributed by atoms with Gasteiger partial charge in [-0.05, 0) is 12.1 Å². The van der Waals surface area contributed by atoms with E-state index in [2.05, 4.69) is 4.98 Å². The van der Waals surface area contributed by atoms with Crippen LogP contribution in [-0.4, -0.2) is 37.9 Å². The van der Waals surface area contributed by atoms with Crippen LogP contribution in [0, 0.1) is 0 Å². The van der Waals surface area contributed by atoms with Crippen LogP contribution in [0.5, 0.6) is 5.75 Å². The number of ether oxygens (including phenoxy) is 2. The summed E-state index contributed by atoms with van der Waals surface area (Å²) >= 11 is 0. The van der Waals surface area contributed by atoms with Gasteiger partial charge in [-0.15, -0.1) is 0 Å². The number of carbonyl (C=O) groups excluding carboxylic acids is 1. The summed E-state index contributed by atoms with van der Waals surface area (Å²) in [4.78, 5) is 40.3. The van der Waals surface area contributed by atoms with Gasteiger partial charge in [0.2, 0.25) is 0 Å². The lowest BCUT2D eigenvalue weighted by Gasteiger charge is -2.08. The summed E-state index contributed by atoms with van der Waals surface area (Å²) in [5.74, 6) is 0.158. The van der Waals surface area contributed by atoms with Crippen molar-refractivity contribution in [2.24, 2.45) is 14.1 Å². The van der Waals surface area contributed by atoms with Crippen LogP contribution in [0.3, 0.4) is 0 Å². The van der Waals surface area contributed by atoms with Crippen molar-refractivity contribution in [2.45, 2.75) is 6.54 Å². The van der Waals surface area contributed by atoms with E-state index in [1.54, 1.807) is 12.1 Å². The summed E-state index contributed by atoms with van der Waals surface area (Å²) in [7, 11) is 2.89. The van der Waals surface area contributed by atoms with Crippen molar-refractivity contribution in [1.29, 1.82) is 0 Å². The van der Waals surface area contributed by atoms with Gasteiger partial charge in [-0.25, -0.2) is 9.78 Å². The molecule has 0 saturated heterocycles. The van der Waals surface area contributed by atoms with Gasteiger partial charge in [0.05, 0.1) is 6.33 Å². The molecule has 0 bridgehead atoms. The molecule has 2 heterocycles. The van der Waals surface area contributed by atoms with Crippen molar-refractivity contribution in [3.8, 4) is 5.75 Å². The Bertz CT molecular complexity index is 1050. The van der Waals surface area contributed by atoms with Crippen molar-refractivity contribution in [3.63, 3.8) is 0 Å². The summed E-state index contributed by atoms with van der Waals surface area (Å²) < 4.78 is 14.2. The lowest BCUT2D eigenvalue weighted by Crippen LogP contribution is -2.37. The Morgan fingerprint density at radius 2 is 1.81 bits per heavy atom. The average molecular weight is 358 g/mol.